The van der Waals surface area contributed by atoms with Gasteiger partial charge in [0.25, 0.3) is 0 Å². The van der Waals surface area contributed by atoms with E-state index in [4.69, 9.17) is 17.0 Å². The SMILES string of the molecule is CNC(=S)Nc1ccccc1OC. The highest BCUT2D eigenvalue weighted by atomic mass is 32.1. The average molecular weight is 196 g/mol. The van der Waals surface area contributed by atoms with E-state index in [-0.39, 0.29) is 0 Å². The molecule has 0 spiro atoms. The van der Waals surface area contributed by atoms with E-state index in [9.17, 15) is 0 Å². The number of anilines is 1. The second-order valence-corrected chi connectivity index (χ2v) is 2.81. The molecule has 3 nitrogen and oxygen atoms in total. The Labute approximate surface area is 83.1 Å². The standard InChI is InChI=1S/C9H12N2OS/c1-10-9(13)11-7-5-3-4-6-8(7)12-2/h3-6H,1-2H3,(H2,10,11,13). The monoisotopic (exact) mass is 196 g/mol. The fourth-order valence-electron chi connectivity index (χ4n) is 0.933. The largest absolute Gasteiger partial charge is 0.495 e. The average Bonchev–Trinajstić information content (AvgIpc) is 2.18. The van der Waals surface area contributed by atoms with Gasteiger partial charge < -0.3 is 15.4 Å². The quantitative estimate of drug-likeness (QED) is 0.704. The number of ether oxygens (including phenoxy) is 1. The first-order valence-electron chi connectivity index (χ1n) is 3.89. The number of thiocarbonyl (C=S) groups is 1. The summed E-state index contributed by atoms with van der Waals surface area (Å²) in [5.41, 5.74) is 0.865. The van der Waals surface area contributed by atoms with E-state index in [0.29, 0.717) is 5.11 Å². The topological polar surface area (TPSA) is 33.3 Å². The van der Waals surface area contributed by atoms with Gasteiger partial charge in [-0.05, 0) is 24.4 Å². The minimum absolute atomic E-state index is 0.574. The molecule has 1 aromatic rings. The van der Waals surface area contributed by atoms with Gasteiger partial charge in [0.15, 0.2) is 5.11 Å². The van der Waals surface area contributed by atoms with Gasteiger partial charge in [-0.3, -0.25) is 0 Å². The number of rotatable bonds is 2. The second kappa shape index (κ2) is 4.67. The third-order valence-corrected chi connectivity index (χ3v) is 1.89. The van der Waals surface area contributed by atoms with Crippen molar-refractivity contribution in [3.05, 3.63) is 24.3 Å². The molecular formula is C9H12N2OS. The molecule has 2 N–H and O–H groups in total. The lowest BCUT2D eigenvalue weighted by Crippen LogP contribution is -2.24. The van der Waals surface area contributed by atoms with Gasteiger partial charge in [-0.15, -0.1) is 0 Å². The van der Waals surface area contributed by atoms with E-state index >= 15 is 0 Å². The number of hydrogen-bond donors (Lipinski definition) is 2. The Morgan fingerprint density at radius 3 is 2.69 bits per heavy atom. The summed E-state index contributed by atoms with van der Waals surface area (Å²) in [5.74, 6) is 0.778. The molecule has 0 saturated heterocycles. The van der Waals surface area contributed by atoms with Crippen molar-refractivity contribution in [2.75, 3.05) is 19.5 Å². The lowest BCUT2D eigenvalue weighted by molar-refractivity contribution is 0.417. The van der Waals surface area contributed by atoms with Crippen LogP contribution >= 0.6 is 12.2 Å². The van der Waals surface area contributed by atoms with E-state index in [1.807, 2.05) is 24.3 Å². The van der Waals surface area contributed by atoms with E-state index in [0.717, 1.165) is 11.4 Å². The van der Waals surface area contributed by atoms with Crippen LogP contribution in [0.1, 0.15) is 0 Å². The first-order chi connectivity index (χ1) is 6.27. The molecule has 13 heavy (non-hydrogen) atoms. The third-order valence-electron chi connectivity index (χ3n) is 1.58. The van der Waals surface area contributed by atoms with Crippen LogP contribution in [-0.2, 0) is 0 Å². The lowest BCUT2D eigenvalue weighted by atomic mass is 10.3. The van der Waals surface area contributed by atoms with Crippen molar-refractivity contribution in [2.24, 2.45) is 0 Å². The summed E-state index contributed by atoms with van der Waals surface area (Å²) < 4.78 is 5.14. The van der Waals surface area contributed by atoms with Gasteiger partial charge in [0.2, 0.25) is 0 Å². The van der Waals surface area contributed by atoms with Crippen LogP contribution in [0.15, 0.2) is 24.3 Å². The molecule has 0 unspecified atom stereocenters. The fourth-order valence-corrected chi connectivity index (χ4v) is 1.04. The van der Waals surface area contributed by atoms with E-state index in [1.54, 1.807) is 14.2 Å². The van der Waals surface area contributed by atoms with Crippen LogP contribution < -0.4 is 15.4 Å². The predicted octanol–water partition coefficient (Wildman–Crippen LogP) is 1.61. The molecular weight excluding hydrogens is 184 g/mol. The molecule has 0 radical (unpaired) electrons. The first-order valence-corrected chi connectivity index (χ1v) is 4.30. The summed E-state index contributed by atoms with van der Waals surface area (Å²) in [7, 11) is 3.40. The second-order valence-electron chi connectivity index (χ2n) is 2.40. The predicted molar refractivity (Wildman–Crippen MR) is 58.3 cm³/mol. The molecule has 0 aliphatic heterocycles. The highest BCUT2D eigenvalue weighted by Gasteiger charge is 2.01. The number of methoxy groups -OCH3 is 1. The molecule has 0 saturated carbocycles. The molecule has 0 amide bonds. The summed E-state index contributed by atoms with van der Waals surface area (Å²) in [5, 5.41) is 6.41. The molecule has 0 aliphatic carbocycles. The molecule has 0 heterocycles. The summed E-state index contributed by atoms with van der Waals surface area (Å²) in [6.45, 7) is 0. The van der Waals surface area contributed by atoms with Crippen LogP contribution in [0.2, 0.25) is 0 Å². The Kier molecular flexibility index (Phi) is 3.52. The highest BCUT2D eigenvalue weighted by molar-refractivity contribution is 7.80. The van der Waals surface area contributed by atoms with Gasteiger partial charge in [-0.2, -0.15) is 0 Å². The van der Waals surface area contributed by atoms with Gasteiger partial charge in [0.1, 0.15) is 5.75 Å². The molecule has 0 atom stereocenters. The maximum atomic E-state index is 5.14. The van der Waals surface area contributed by atoms with Crippen molar-refractivity contribution in [3.63, 3.8) is 0 Å². The van der Waals surface area contributed by atoms with Crippen molar-refractivity contribution in [2.45, 2.75) is 0 Å². The van der Waals surface area contributed by atoms with Crippen LogP contribution in [0.4, 0.5) is 5.69 Å². The molecule has 70 valence electrons. The minimum atomic E-state index is 0.574. The lowest BCUT2D eigenvalue weighted by Gasteiger charge is -2.10. The Bertz CT molecular complexity index is 301. The van der Waals surface area contributed by atoms with Crippen LogP contribution in [0.25, 0.3) is 0 Å². The third kappa shape index (κ3) is 2.59. The molecule has 4 heteroatoms. The van der Waals surface area contributed by atoms with Crippen LogP contribution in [0.5, 0.6) is 5.75 Å². The van der Waals surface area contributed by atoms with E-state index in [2.05, 4.69) is 10.6 Å². The first kappa shape index (κ1) is 9.80. The van der Waals surface area contributed by atoms with Gasteiger partial charge in [0.05, 0.1) is 12.8 Å². The molecule has 0 bridgehead atoms. The number of nitrogens with one attached hydrogen (secondary N) is 2. The number of benzene rings is 1. The van der Waals surface area contributed by atoms with Gasteiger partial charge in [0, 0.05) is 7.05 Å². The van der Waals surface area contributed by atoms with Crippen molar-refractivity contribution < 1.29 is 4.74 Å². The molecule has 0 fully saturated rings. The molecule has 1 rings (SSSR count). The Hall–Kier alpha value is -1.29. The normalized spacial score (nSPS) is 9.08. The molecule has 0 aliphatic rings. The van der Waals surface area contributed by atoms with Crippen LogP contribution in [-0.4, -0.2) is 19.3 Å². The molecule has 0 aromatic heterocycles. The Morgan fingerprint density at radius 1 is 1.38 bits per heavy atom. The fraction of sp³-hybridized carbons (Fsp3) is 0.222. The highest BCUT2D eigenvalue weighted by Crippen LogP contribution is 2.22. The summed E-state index contributed by atoms with van der Waals surface area (Å²) in [6, 6.07) is 7.61. The zero-order valence-corrected chi connectivity index (χ0v) is 8.44. The summed E-state index contributed by atoms with van der Waals surface area (Å²) in [4.78, 5) is 0. The van der Waals surface area contributed by atoms with Gasteiger partial charge >= 0.3 is 0 Å². The van der Waals surface area contributed by atoms with Crippen molar-refractivity contribution >= 4 is 23.0 Å². The van der Waals surface area contributed by atoms with E-state index < -0.39 is 0 Å². The zero-order valence-electron chi connectivity index (χ0n) is 7.63. The molecule has 1 aromatic carbocycles. The smallest absolute Gasteiger partial charge is 0.170 e. The van der Waals surface area contributed by atoms with E-state index in [1.165, 1.54) is 0 Å². The van der Waals surface area contributed by atoms with Crippen molar-refractivity contribution in [3.8, 4) is 5.75 Å². The summed E-state index contributed by atoms with van der Waals surface area (Å²) in [6.07, 6.45) is 0. The van der Waals surface area contributed by atoms with Crippen molar-refractivity contribution in [1.82, 2.24) is 5.32 Å². The van der Waals surface area contributed by atoms with Gasteiger partial charge in [-0.1, -0.05) is 12.1 Å². The maximum Gasteiger partial charge on any atom is 0.170 e. The Morgan fingerprint density at radius 2 is 2.08 bits per heavy atom. The zero-order chi connectivity index (χ0) is 9.68. The van der Waals surface area contributed by atoms with Crippen molar-refractivity contribution in [1.29, 1.82) is 0 Å². The van der Waals surface area contributed by atoms with Gasteiger partial charge in [-0.25, -0.2) is 0 Å². The van der Waals surface area contributed by atoms with Crippen LogP contribution in [0, 0.1) is 0 Å². The maximum absolute atomic E-state index is 5.14. The Balaban J connectivity index is 2.81. The number of hydrogen-bond acceptors (Lipinski definition) is 2. The van der Waals surface area contributed by atoms with Crippen LogP contribution in [0.3, 0.4) is 0 Å². The summed E-state index contributed by atoms with van der Waals surface area (Å²) >= 11 is 4.97. The minimum Gasteiger partial charge on any atom is -0.495 e. The number of para-hydroxylation sites is 2.